The van der Waals surface area contributed by atoms with E-state index in [1.165, 1.54) is 6.92 Å². The molecule has 0 radical (unpaired) electrons. The number of hydrogen-bond donors (Lipinski definition) is 1. The number of carbonyl (C=O) groups excluding carboxylic acids is 3. The minimum absolute atomic E-state index is 0.0358. The van der Waals surface area contributed by atoms with Crippen LogP contribution in [-0.2, 0) is 35.0 Å². The topological polar surface area (TPSA) is 113 Å². The molecule has 2 amide bonds. The Kier molecular flexibility index (Phi) is 15.9. The van der Waals surface area contributed by atoms with Gasteiger partial charge in [-0.05, 0) is 77.0 Å². The van der Waals surface area contributed by atoms with Crippen molar-refractivity contribution in [2.75, 3.05) is 26.9 Å². The van der Waals surface area contributed by atoms with Gasteiger partial charge in [0.2, 0.25) is 5.91 Å². The Bertz CT molecular complexity index is 1220. The number of benzene rings is 1. The summed E-state index contributed by atoms with van der Waals surface area (Å²) in [7, 11) is 1.67. The van der Waals surface area contributed by atoms with Gasteiger partial charge in [0.05, 0.1) is 18.8 Å². The van der Waals surface area contributed by atoms with Gasteiger partial charge in [-0.25, -0.2) is 4.79 Å². The Morgan fingerprint density at radius 3 is 2.27 bits per heavy atom. The number of amides is 2. The molecule has 0 spiro atoms. The summed E-state index contributed by atoms with van der Waals surface area (Å²) in [6, 6.07) is 5.52. The van der Waals surface area contributed by atoms with Crippen molar-refractivity contribution in [1.29, 1.82) is 0 Å². The first kappa shape index (κ1) is 42.3. The summed E-state index contributed by atoms with van der Waals surface area (Å²) in [5.41, 5.74) is -0.420. The van der Waals surface area contributed by atoms with Crippen LogP contribution >= 0.6 is 0 Å². The number of unbranched alkanes of at least 4 members (excludes halogenated alkanes) is 1. The average molecular weight is 691 g/mol. The molecule has 0 aliphatic carbocycles. The molecule has 1 aromatic rings. The molecule has 1 aliphatic heterocycles. The van der Waals surface area contributed by atoms with Crippen molar-refractivity contribution in [3.63, 3.8) is 0 Å². The molecule has 1 aromatic carbocycles. The summed E-state index contributed by atoms with van der Waals surface area (Å²) in [6.45, 7) is 24.2. The molecule has 280 valence electrons. The number of hydrogen-bond acceptors (Lipinski definition) is 8. The summed E-state index contributed by atoms with van der Waals surface area (Å²) in [6.07, 6.45) is 3.04. The van der Waals surface area contributed by atoms with Gasteiger partial charge in [-0.2, -0.15) is 0 Å². The summed E-state index contributed by atoms with van der Waals surface area (Å²) < 4.78 is 30.0. The van der Waals surface area contributed by atoms with Gasteiger partial charge in [-0.1, -0.05) is 66.5 Å². The van der Waals surface area contributed by atoms with Crippen LogP contribution in [0.25, 0.3) is 0 Å². The van der Waals surface area contributed by atoms with Crippen molar-refractivity contribution >= 4 is 18.0 Å². The molecule has 1 saturated heterocycles. The van der Waals surface area contributed by atoms with Crippen LogP contribution < -0.4 is 10.1 Å². The molecule has 3 unspecified atom stereocenters. The Hall–Kier alpha value is -2.85. The first-order valence-corrected chi connectivity index (χ1v) is 18.2. The van der Waals surface area contributed by atoms with Crippen LogP contribution in [0.4, 0.5) is 4.79 Å². The highest BCUT2D eigenvalue weighted by Gasteiger charge is 2.52. The SMILES string of the molecule is CCCCC(C)(C)C(=O)NCC1OC(C)(C)N(C(=O)OC(C)(C)C)C1C[C@@H](C(C)C)C(OC(C)=O)c1ccc(CC)c(OCCCOC)c1. The van der Waals surface area contributed by atoms with Crippen LogP contribution in [0.2, 0.25) is 0 Å². The Morgan fingerprint density at radius 1 is 1.04 bits per heavy atom. The van der Waals surface area contributed by atoms with E-state index in [1.54, 1.807) is 12.0 Å². The van der Waals surface area contributed by atoms with Crippen molar-refractivity contribution in [2.45, 2.75) is 151 Å². The first-order valence-electron chi connectivity index (χ1n) is 18.2. The highest BCUT2D eigenvalue weighted by molar-refractivity contribution is 5.81. The van der Waals surface area contributed by atoms with Crippen LogP contribution in [0.5, 0.6) is 5.75 Å². The van der Waals surface area contributed by atoms with Gasteiger partial charge in [0.15, 0.2) is 0 Å². The molecule has 49 heavy (non-hydrogen) atoms. The number of esters is 1. The number of aryl methyl sites for hydroxylation is 1. The number of ether oxygens (including phenoxy) is 5. The van der Waals surface area contributed by atoms with Gasteiger partial charge < -0.3 is 29.0 Å². The second-order valence-electron chi connectivity index (χ2n) is 15.8. The minimum Gasteiger partial charge on any atom is -0.493 e. The number of nitrogens with one attached hydrogen (secondary N) is 1. The van der Waals surface area contributed by atoms with E-state index in [1.807, 2.05) is 66.7 Å². The minimum atomic E-state index is -1.02. The number of carbonyl (C=O) groups is 3. The molecule has 2 rings (SSSR count). The third-order valence-electron chi connectivity index (χ3n) is 9.21. The lowest BCUT2D eigenvalue weighted by molar-refractivity contribution is -0.151. The summed E-state index contributed by atoms with van der Waals surface area (Å²) in [5.74, 6) is 0.104. The average Bonchev–Trinajstić information content (AvgIpc) is 3.26. The van der Waals surface area contributed by atoms with Gasteiger partial charge in [0.1, 0.15) is 23.2 Å². The van der Waals surface area contributed by atoms with Crippen LogP contribution in [0.3, 0.4) is 0 Å². The maximum atomic E-state index is 13.9. The van der Waals surface area contributed by atoms with E-state index in [4.69, 9.17) is 23.7 Å². The predicted molar refractivity (Wildman–Crippen MR) is 192 cm³/mol. The maximum absolute atomic E-state index is 13.9. The Labute approximate surface area is 296 Å². The summed E-state index contributed by atoms with van der Waals surface area (Å²) in [4.78, 5) is 41.6. The lowest BCUT2D eigenvalue weighted by Crippen LogP contribution is -2.52. The van der Waals surface area contributed by atoms with Crippen LogP contribution in [0, 0.1) is 17.3 Å². The molecule has 1 aliphatic rings. The van der Waals surface area contributed by atoms with E-state index in [2.05, 4.69) is 33.0 Å². The molecular formula is C39H66N2O8. The molecular weight excluding hydrogens is 624 g/mol. The zero-order chi connectivity index (χ0) is 37.2. The summed E-state index contributed by atoms with van der Waals surface area (Å²) in [5, 5.41) is 3.14. The zero-order valence-corrected chi connectivity index (χ0v) is 32.7. The van der Waals surface area contributed by atoms with Crippen LogP contribution in [0.15, 0.2) is 18.2 Å². The lowest BCUT2D eigenvalue weighted by atomic mass is 9.80. The molecule has 1 heterocycles. The molecule has 4 atom stereocenters. The number of rotatable bonds is 18. The maximum Gasteiger partial charge on any atom is 0.412 e. The van der Waals surface area contributed by atoms with Gasteiger partial charge in [0.25, 0.3) is 0 Å². The fourth-order valence-corrected chi connectivity index (χ4v) is 6.50. The molecule has 10 nitrogen and oxygen atoms in total. The fraction of sp³-hybridized carbons (Fsp3) is 0.769. The Balaban J connectivity index is 2.58. The van der Waals surface area contributed by atoms with E-state index >= 15 is 0 Å². The second-order valence-corrected chi connectivity index (χ2v) is 15.8. The number of methoxy groups -OCH3 is 1. The van der Waals surface area contributed by atoms with Gasteiger partial charge in [0, 0.05) is 44.9 Å². The lowest BCUT2D eigenvalue weighted by Gasteiger charge is -2.38. The van der Waals surface area contributed by atoms with E-state index in [9.17, 15) is 14.4 Å². The van der Waals surface area contributed by atoms with Crippen molar-refractivity contribution in [2.24, 2.45) is 17.3 Å². The third kappa shape index (κ3) is 12.5. The van der Waals surface area contributed by atoms with Gasteiger partial charge in [-0.3, -0.25) is 14.5 Å². The third-order valence-corrected chi connectivity index (χ3v) is 9.21. The van der Waals surface area contributed by atoms with E-state index in [-0.39, 0.29) is 24.3 Å². The van der Waals surface area contributed by atoms with E-state index in [0.29, 0.717) is 19.6 Å². The zero-order valence-electron chi connectivity index (χ0n) is 32.7. The van der Waals surface area contributed by atoms with Gasteiger partial charge in [-0.15, -0.1) is 0 Å². The van der Waals surface area contributed by atoms with Crippen LogP contribution in [0.1, 0.15) is 132 Å². The molecule has 0 saturated carbocycles. The summed E-state index contributed by atoms with van der Waals surface area (Å²) >= 11 is 0. The Morgan fingerprint density at radius 2 is 1.71 bits per heavy atom. The largest absolute Gasteiger partial charge is 0.493 e. The molecule has 10 heteroatoms. The van der Waals surface area contributed by atoms with Crippen LogP contribution in [-0.4, -0.2) is 73.2 Å². The van der Waals surface area contributed by atoms with Crippen molar-refractivity contribution < 1.29 is 38.1 Å². The molecule has 0 bridgehead atoms. The van der Waals surface area contributed by atoms with E-state index in [0.717, 1.165) is 49.0 Å². The normalized spacial score (nSPS) is 19.0. The monoisotopic (exact) mass is 690 g/mol. The quantitative estimate of drug-likeness (QED) is 0.122. The smallest absolute Gasteiger partial charge is 0.412 e. The van der Waals surface area contributed by atoms with Crippen molar-refractivity contribution in [1.82, 2.24) is 10.2 Å². The molecule has 0 aromatic heterocycles. The van der Waals surface area contributed by atoms with Crippen molar-refractivity contribution in [3.05, 3.63) is 29.3 Å². The predicted octanol–water partition coefficient (Wildman–Crippen LogP) is 8.00. The molecule has 1 fully saturated rings. The molecule has 1 N–H and O–H groups in total. The van der Waals surface area contributed by atoms with Crippen molar-refractivity contribution in [3.8, 4) is 5.75 Å². The highest BCUT2D eigenvalue weighted by atomic mass is 16.6. The first-order chi connectivity index (χ1) is 22.8. The highest BCUT2D eigenvalue weighted by Crippen LogP contribution is 2.43. The number of nitrogens with zero attached hydrogens (tertiary/aromatic N) is 1. The van der Waals surface area contributed by atoms with Gasteiger partial charge >= 0.3 is 12.1 Å². The van der Waals surface area contributed by atoms with E-state index < -0.39 is 47.1 Å². The fourth-order valence-electron chi connectivity index (χ4n) is 6.50. The standard InChI is InChI=1S/C39H66N2O8/c1-14-16-20-38(9,10)35(43)40-25-33-31(41(39(11,12)48-33)36(44)49-37(6,7)8)24-30(26(3)4)34(47-27(5)42)29-19-18-28(15-2)32(23-29)46-22-17-21-45-13/h18-19,23,26,30-31,33-34H,14-17,20-22,24-25H2,1-13H3,(H,40,43)/t30-,31?,33?,34?/m0/s1. The second kappa shape index (κ2) is 18.4.